The number of carbonyl (C=O) groups is 1. The highest BCUT2D eigenvalue weighted by molar-refractivity contribution is 9.10. The third kappa shape index (κ3) is 1.57. The number of nitrogens with one attached hydrogen (secondary N) is 1. The molecule has 3 heteroatoms. The first kappa shape index (κ1) is 9.71. The van der Waals surface area contributed by atoms with Crippen LogP contribution < -0.4 is 5.32 Å². The highest BCUT2D eigenvalue weighted by Gasteiger charge is 2.17. The van der Waals surface area contributed by atoms with E-state index in [9.17, 15) is 4.79 Å². The van der Waals surface area contributed by atoms with Gasteiger partial charge < -0.3 is 5.32 Å². The lowest BCUT2D eigenvalue weighted by Crippen LogP contribution is -2.31. The standard InChI is InChI=1S/C11H12BrNO/c1-2-7-5-8-3-4-13-11(14)9(8)6-10(7)12/h5-6H,2-4H2,1H3,(H,13,14). The molecule has 14 heavy (non-hydrogen) atoms. The van der Waals surface area contributed by atoms with Crippen molar-refractivity contribution in [2.75, 3.05) is 6.54 Å². The van der Waals surface area contributed by atoms with Crippen LogP contribution in [0.5, 0.6) is 0 Å². The van der Waals surface area contributed by atoms with E-state index in [0.717, 1.165) is 29.4 Å². The minimum atomic E-state index is 0.0506. The number of hydrogen-bond acceptors (Lipinski definition) is 1. The fraction of sp³-hybridized carbons (Fsp3) is 0.364. The van der Waals surface area contributed by atoms with Gasteiger partial charge in [-0.15, -0.1) is 0 Å². The van der Waals surface area contributed by atoms with Crippen LogP contribution in [0.4, 0.5) is 0 Å². The minimum Gasteiger partial charge on any atom is -0.352 e. The molecular formula is C11H12BrNO. The SMILES string of the molecule is CCc1cc2c(cc1Br)C(=O)NCC2. The first-order valence-corrected chi connectivity index (χ1v) is 5.61. The molecule has 1 aromatic carbocycles. The van der Waals surface area contributed by atoms with Gasteiger partial charge in [-0.3, -0.25) is 4.79 Å². The van der Waals surface area contributed by atoms with E-state index in [1.165, 1.54) is 11.1 Å². The molecule has 0 saturated heterocycles. The Labute approximate surface area is 91.8 Å². The Hall–Kier alpha value is -0.830. The molecule has 0 unspecified atom stereocenters. The van der Waals surface area contributed by atoms with Crippen LogP contribution in [0.15, 0.2) is 16.6 Å². The van der Waals surface area contributed by atoms with Crippen molar-refractivity contribution >= 4 is 21.8 Å². The molecule has 2 nitrogen and oxygen atoms in total. The zero-order valence-electron chi connectivity index (χ0n) is 8.06. The quantitative estimate of drug-likeness (QED) is 0.818. The van der Waals surface area contributed by atoms with Crippen LogP contribution in [0.1, 0.15) is 28.4 Å². The predicted octanol–water partition coefficient (Wildman–Crippen LogP) is 2.30. The van der Waals surface area contributed by atoms with E-state index in [0.29, 0.717) is 0 Å². The smallest absolute Gasteiger partial charge is 0.251 e. The summed E-state index contributed by atoms with van der Waals surface area (Å²) in [5, 5.41) is 2.84. The van der Waals surface area contributed by atoms with Crippen LogP contribution in [-0.2, 0) is 12.8 Å². The number of rotatable bonds is 1. The van der Waals surface area contributed by atoms with Gasteiger partial charge in [0.05, 0.1) is 0 Å². The molecule has 0 fully saturated rings. The summed E-state index contributed by atoms with van der Waals surface area (Å²) in [4.78, 5) is 11.5. The fourth-order valence-electron chi connectivity index (χ4n) is 1.76. The van der Waals surface area contributed by atoms with E-state index in [4.69, 9.17) is 0 Å². The Morgan fingerprint density at radius 3 is 3.00 bits per heavy atom. The Morgan fingerprint density at radius 1 is 1.50 bits per heavy atom. The van der Waals surface area contributed by atoms with Gasteiger partial charge in [0, 0.05) is 16.6 Å². The van der Waals surface area contributed by atoms with Crippen molar-refractivity contribution in [2.45, 2.75) is 19.8 Å². The van der Waals surface area contributed by atoms with Gasteiger partial charge in [-0.05, 0) is 30.0 Å². The molecule has 0 atom stereocenters. The molecule has 1 N–H and O–H groups in total. The lowest BCUT2D eigenvalue weighted by Gasteiger charge is -2.18. The topological polar surface area (TPSA) is 29.1 Å². The van der Waals surface area contributed by atoms with E-state index in [-0.39, 0.29) is 5.91 Å². The molecule has 1 aliphatic heterocycles. The van der Waals surface area contributed by atoms with Crippen LogP contribution in [0.25, 0.3) is 0 Å². The number of fused-ring (bicyclic) bond motifs is 1. The van der Waals surface area contributed by atoms with Crippen molar-refractivity contribution in [2.24, 2.45) is 0 Å². The Kier molecular flexibility index (Phi) is 2.59. The van der Waals surface area contributed by atoms with Gasteiger partial charge in [-0.2, -0.15) is 0 Å². The van der Waals surface area contributed by atoms with Gasteiger partial charge in [-0.25, -0.2) is 0 Å². The summed E-state index contributed by atoms with van der Waals surface area (Å²) in [6.07, 6.45) is 1.94. The third-order valence-corrected chi connectivity index (χ3v) is 3.32. The Bertz CT molecular complexity index is 387. The Morgan fingerprint density at radius 2 is 2.29 bits per heavy atom. The van der Waals surface area contributed by atoms with Gasteiger partial charge in [0.15, 0.2) is 0 Å². The average Bonchev–Trinajstić information content (AvgIpc) is 2.19. The highest BCUT2D eigenvalue weighted by Crippen LogP contribution is 2.24. The maximum Gasteiger partial charge on any atom is 0.251 e. The largest absolute Gasteiger partial charge is 0.352 e. The van der Waals surface area contributed by atoms with Crippen LogP contribution in [0.2, 0.25) is 0 Å². The molecule has 1 heterocycles. The van der Waals surface area contributed by atoms with Crippen molar-refractivity contribution in [1.29, 1.82) is 0 Å². The second-order valence-electron chi connectivity index (χ2n) is 3.46. The van der Waals surface area contributed by atoms with Crippen molar-refractivity contribution < 1.29 is 4.79 Å². The van der Waals surface area contributed by atoms with Gasteiger partial charge >= 0.3 is 0 Å². The predicted molar refractivity (Wildman–Crippen MR) is 59.6 cm³/mol. The first-order valence-electron chi connectivity index (χ1n) is 4.82. The van der Waals surface area contributed by atoms with E-state index >= 15 is 0 Å². The number of amides is 1. The average molecular weight is 254 g/mol. The first-order chi connectivity index (χ1) is 6.72. The van der Waals surface area contributed by atoms with E-state index in [1.54, 1.807) is 0 Å². The zero-order chi connectivity index (χ0) is 10.1. The molecule has 2 rings (SSSR count). The van der Waals surface area contributed by atoms with Crippen LogP contribution in [-0.4, -0.2) is 12.5 Å². The molecule has 74 valence electrons. The number of hydrogen-bond donors (Lipinski definition) is 1. The summed E-state index contributed by atoms with van der Waals surface area (Å²) in [7, 11) is 0. The normalized spacial score (nSPS) is 14.9. The number of aryl methyl sites for hydroxylation is 1. The van der Waals surface area contributed by atoms with Crippen molar-refractivity contribution in [3.8, 4) is 0 Å². The maximum atomic E-state index is 11.5. The summed E-state index contributed by atoms with van der Waals surface area (Å²) in [5.74, 6) is 0.0506. The fourth-order valence-corrected chi connectivity index (χ4v) is 2.39. The summed E-state index contributed by atoms with van der Waals surface area (Å²) in [6, 6.07) is 4.07. The summed E-state index contributed by atoms with van der Waals surface area (Å²) >= 11 is 3.48. The van der Waals surface area contributed by atoms with Crippen molar-refractivity contribution in [1.82, 2.24) is 5.32 Å². The minimum absolute atomic E-state index is 0.0506. The Balaban J connectivity index is 2.54. The summed E-state index contributed by atoms with van der Waals surface area (Å²) in [6.45, 7) is 2.88. The third-order valence-electron chi connectivity index (χ3n) is 2.58. The van der Waals surface area contributed by atoms with Crippen LogP contribution in [0.3, 0.4) is 0 Å². The maximum absolute atomic E-state index is 11.5. The molecule has 1 aromatic rings. The van der Waals surface area contributed by atoms with Gasteiger partial charge in [0.1, 0.15) is 0 Å². The number of halogens is 1. The molecule has 0 aromatic heterocycles. The van der Waals surface area contributed by atoms with Crippen molar-refractivity contribution in [3.05, 3.63) is 33.3 Å². The summed E-state index contributed by atoms with van der Waals surface area (Å²) in [5.41, 5.74) is 3.27. The van der Waals surface area contributed by atoms with Gasteiger partial charge in [0.25, 0.3) is 5.91 Å². The zero-order valence-corrected chi connectivity index (χ0v) is 9.65. The van der Waals surface area contributed by atoms with Gasteiger partial charge in [0.2, 0.25) is 0 Å². The summed E-state index contributed by atoms with van der Waals surface area (Å²) < 4.78 is 1.04. The molecule has 1 amide bonds. The van der Waals surface area contributed by atoms with Gasteiger partial charge in [-0.1, -0.05) is 28.9 Å². The lowest BCUT2D eigenvalue weighted by molar-refractivity contribution is 0.0946. The van der Waals surface area contributed by atoms with Crippen LogP contribution >= 0.6 is 15.9 Å². The molecule has 0 spiro atoms. The molecule has 0 aliphatic carbocycles. The highest BCUT2D eigenvalue weighted by atomic mass is 79.9. The molecule has 0 saturated carbocycles. The second-order valence-corrected chi connectivity index (χ2v) is 4.31. The second kappa shape index (κ2) is 3.73. The lowest BCUT2D eigenvalue weighted by atomic mass is 9.97. The van der Waals surface area contributed by atoms with E-state index < -0.39 is 0 Å². The number of benzene rings is 1. The number of carbonyl (C=O) groups excluding carboxylic acids is 1. The van der Waals surface area contributed by atoms with Crippen molar-refractivity contribution in [3.63, 3.8) is 0 Å². The monoisotopic (exact) mass is 253 g/mol. The van der Waals surface area contributed by atoms with E-state index in [1.807, 2.05) is 6.07 Å². The van der Waals surface area contributed by atoms with E-state index in [2.05, 4.69) is 34.2 Å². The molecular weight excluding hydrogens is 242 g/mol. The molecule has 0 radical (unpaired) electrons. The molecule has 0 bridgehead atoms. The molecule has 1 aliphatic rings. The van der Waals surface area contributed by atoms with Crippen LogP contribution in [0, 0.1) is 0 Å².